The Hall–Kier alpha value is -2.04. The molecular weight excluding hydrogens is 340 g/mol. The number of likely N-dealkylation sites (tertiary alicyclic amines) is 1. The van der Waals surface area contributed by atoms with Crippen LogP contribution in [0.25, 0.3) is 0 Å². The van der Waals surface area contributed by atoms with Gasteiger partial charge < -0.3 is 15.0 Å². The average Bonchev–Trinajstić information content (AvgIpc) is 3.13. The third kappa shape index (κ3) is 4.82. The number of carbonyl (C=O) groups is 2. The largest absolute Gasteiger partial charge is 0.466 e. The molecule has 1 N–H and O–H groups in total. The van der Waals surface area contributed by atoms with Gasteiger partial charge in [-0.3, -0.25) is 4.79 Å². The van der Waals surface area contributed by atoms with E-state index in [4.69, 9.17) is 4.74 Å². The molecule has 0 radical (unpaired) electrons. The molecule has 5 heteroatoms. The summed E-state index contributed by atoms with van der Waals surface area (Å²) in [4.78, 5) is 27.3. The molecule has 0 aromatic heterocycles. The van der Waals surface area contributed by atoms with E-state index >= 15 is 0 Å². The van der Waals surface area contributed by atoms with Crippen molar-refractivity contribution in [1.29, 1.82) is 0 Å². The molecule has 1 saturated heterocycles. The molecule has 1 aliphatic carbocycles. The highest BCUT2D eigenvalue weighted by atomic mass is 16.5. The summed E-state index contributed by atoms with van der Waals surface area (Å²) in [6.07, 6.45) is 7.22. The molecule has 3 rings (SSSR count). The van der Waals surface area contributed by atoms with Crippen LogP contribution in [-0.4, -0.2) is 35.6 Å². The molecule has 5 nitrogen and oxygen atoms in total. The lowest BCUT2D eigenvalue weighted by Gasteiger charge is -2.39. The molecule has 0 unspecified atom stereocenters. The summed E-state index contributed by atoms with van der Waals surface area (Å²) in [6.45, 7) is 5.04. The second kappa shape index (κ2) is 8.77. The minimum absolute atomic E-state index is 0.0377. The fraction of sp³-hybridized carbons (Fsp3) is 0.636. The van der Waals surface area contributed by atoms with E-state index in [1.165, 1.54) is 11.1 Å². The Labute approximate surface area is 162 Å². The maximum Gasteiger partial charge on any atom is 0.318 e. The molecule has 2 amide bonds. The lowest BCUT2D eigenvalue weighted by atomic mass is 9.79. The molecule has 1 aromatic rings. The van der Waals surface area contributed by atoms with E-state index in [2.05, 4.69) is 36.5 Å². The fourth-order valence-electron chi connectivity index (χ4n) is 4.51. The van der Waals surface area contributed by atoms with Crippen LogP contribution in [0.1, 0.15) is 75.5 Å². The van der Waals surface area contributed by atoms with Crippen LogP contribution in [0.15, 0.2) is 24.3 Å². The van der Waals surface area contributed by atoms with Crippen molar-refractivity contribution in [2.24, 2.45) is 0 Å². The van der Waals surface area contributed by atoms with Gasteiger partial charge in [0.05, 0.1) is 24.6 Å². The zero-order valence-electron chi connectivity index (χ0n) is 16.6. The lowest BCUT2D eigenvalue weighted by Crippen LogP contribution is -2.55. The minimum atomic E-state index is -0.456. The number of amides is 2. The van der Waals surface area contributed by atoms with Gasteiger partial charge in [-0.05, 0) is 45.1 Å². The molecule has 1 saturated carbocycles. The number of nitrogens with one attached hydrogen (secondary N) is 1. The second-order valence-electron chi connectivity index (χ2n) is 8.02. The van der Waals surface area contributed by atoms with Gasteiger partial charge in [0.1, 0.15) is 0 Å². The molecule has 148 valence electrons. The van der Waals surface area contributed by atoms with Gasteiger partial charge in [-0.25, -0.2) is 4.79 Å². The zero-order chi connectivity index (χ0) is 19.3. The van der Waals surface area contributed by atoms with Gasteiger partial charge >= 0.3 is 12.0 Å². The standard InChI is InChI=1S/C22H32N2O3/c1-3-27-20(25)16-22(13-5-4-6-14-22)23-21(26)24-15-7-8-19(24)18-11-9-17(2)10-12-18/h9-12,19H,3-8,13-16H2,1-2H3,(H,23,26)/t19-/m0/s1. The Morgan fingerprint density at radius 1 is 1.15 bits per heavy atom. The number of ether oxygens (including phenoxy) is 1. The van der Waals surface area contributed by atoms with Crippen LogP contribution in [-0.2, 0) is 9.53 Å². The van der Waals surface area contributed by atoms with Gasteiger partial charge in [-0.2, -0.15) is 0 Å². The monoisotopic (exact) mass is 372 g/mol. The van der Waals surface area contributed by atoms with E-state index < -0.39 is 5.54 Å². The van der Waals surface area contributed by atoms with E-state index in [0.717, 1.165) is 51.5 Å². The Morgan fingerprint density at radius 3 is 2.52 bits per heavy atom. The van der Waals surface area contributed by atoms with Crippen molar-refractivity contribution < 1.29 is 14.3 Å². The Bertz CT molecular complexity index is 650. The summed E-state index contributed by atoms with van der Waals surface area (Å²) in [5.74, 6) is -0.212. The summed E-state index contributed by atoms with van der Waals surface area (Å²) in [6, 6.07) is 8.54. The molecule has 2 aliphatic rings. The summed E-state index contributed by atoms with van der Waals surface area (Å²) < 4.78 is 5.17. The highest BCUT2D eigenvalue weighted by molar-refractivity contribution is 5.78. The van der Waals surface area contributed by atoms with Crippen molar-refractivity contribution in [3.05, 3.63) is 35.4 Å². The average molecular weight is 373 g/mol. The van der Waals surface area contributed by atoms with Gasteiger partial charge in [0.15, 0.2) is 0 Å². The Balaban J connectivity index is 1.72. The molecule has 0 bridgehead atoms. The minimum Gasteiger partial charge on any atom is -0.466 e. The maximum absolute atomic E-state index is 13.2. The maximum atomic E-state index is 13.2. The third-order valence-electron chi connectivity index (χ3n) is 5.95. The van der Waals surface area contributed by atoms with Gasteiger partial charge in [-0.15, -0.1) is 0 Å². The molecule has 0 spiro atoms. The second-order valence-corrected chi connectivity index (χ2v) is 8.02. The highest BCUT2D eigenvalue weighted by Crippen LogP contribution is 2.35. The number of nitrogens with zero attached hydrogens (tertiary/aromatic N) is 1. The fourth-order valence-corrected chi connectivity index (χ4v) is 4.51. The van der Waals surface area contributed by atoms with Gasteiger partial charge in [0.2, 0.25) is 0 Å². The number of aryl methyl sites for hydroxylation is 1. The molecular formula is C22H32N2O3. The lowest BCUT2D eigenvalue weighted by molar-refractivity contribution is -0.145. The Morgan fingerprint density at radius 2 is 1.85 bits per heavy atom. The van der Waals surface area contributed by atoms with Crippen molar-refractivity contribution in [3.63, 3.8) is 0 Å². The Kier molecular flexibility index (Phi) is 6.40. The van der Waals surface area contributed by atoms with Crippen molar-refractivity contribution in [2.75, 3.05) is 13.2 Å². The van der Waals surface area contributed by atoms with E-state index in [-0.39, 0.29) is 24.5 Å². The first-order valence-corrected chi connectivity index (χ1v) is 10.3. The van der Waals surface area contributed by atoms with Gasteiger partial charge in [-0.1, -0.05) is 49.1 Å². The highest BCUT2D eigenvalue weighted by Gasteiger charge is 2.39. The molecule has 2 fully saturated rings. The third-order valence-corrected chi connectivity index (χ3v) is 5.95. The molecule has 1 aromatic carbocycles. The van der Waals surface area contributed by atoms with Crippen LogP contribution < -0.4 is 5.32 Å². The van der Waals surface area contributed by atoms with Crippen LogP contribution in [0.2, 0.25) is 0 Å². The number of carbonyl (C=O) groups excluding carboxylic acids is 2. The van der Waals surface area contributed by atoms with Crippen molar-refractivity contribution in [2.45, 2.75) is 76.8 Å². The van der Waals surface area contributed by atoms with Gasteiger partial charge in [0.25, 0.3) is 0 Å². The number of benzene rings is 1. The number of rotatable bonds is 5. The number of hydrogen-bond acceptors (Lipinski definition) is 3. The number of urea groups is 1. The SMILES string of the molecule is CCOC(=O)CC1(NC(=O)N2CCC[C@H]2c2ccc(C)cc2)CCCCC1. The first kappa shape index (κ1) is 19.7. The van der Waals surface area contributed by atoms with E-state index in [0.29, 0.717) is 6.61 Å². The first-order chi connectivity index (χ1) is 13.0. The van der Waals surface area contributed by atoms with Crippen LogP contribution in [0, 0.1) is 6.92 Å². The number of esters is 1. The summed E-state index contributed by atoms with van der Waals surface area (Å²) in [5, 5.41) is 3.26. The van der Waals surface area contributed by atoms with Crippen LogP contribution in [0.3, 0.4) is 0 Å². The first-order valence-electron chi connectivity index (χ1n) is 10.3. The summed E-state index contributed by atoms with van der Waals surface area (Å²) in [5.41, 5.74) is 1.96. The normalized spacial score (nSPS) is 21.7. The zero-order valence-corrected chi connectivity index (χ0v) is 16.6. The van der Waals surface area contributed by atoms with E-state index in [1.807, 2.05) is 11.8 Å². The smallest absolute Gasteiger partial charge is 0.318 e. The predicted octanol–water partition coefficient (Wildman–Crippen LogP) is 4.50. The summed E-state index contributed by atoms with van der Waals surface area (Å²) in [7, 11) is 0. The van der Waals surface area contributed by atoms with Crippen LogP contribution in [0.4, 0.5) is 4.79 Å². The van der Waals surface area contributed by atoms with Crippen molar-refractivity contribution in [3.8, 4) is 0 Å². The van der Waals surface area contributed by atoms with Crippen LogP contribution >= 0.6 is 0 Å². The quantitative estimate of drug-likeness (QED) is 0.774. The molecule has 1 heterocycles. The van der Waals surface area contributed by atoms with E-state index in [9.17, 15) is 9.59 Å². The number of hydrogen-bond donors (Lipinski definition) is 1. The molecule has 27 heavy (non-hydrogen) atoms. The van der Waals surface area contributed by atoms with E-state index in [1.54, 1.807) is 0 Å². The van der Waals surface area contributed by atoms with Crippen LogP contribution in [0.5, 0.6) is 0 Å². The van der Waals surface area contributed by atoms with Gasteiger partial charge in [0, 0.05) is 6.54 Å². The molecule has 1 atom stereocenters. The molecule has 1 aliphatic heterocycles. The van der Waals surface area contributed by atoms with Crippen molar-refractivity contribution >= 4 is 12.0 Å². The summed E-state index contributed by atoms with van der Waals surface area (Å²) >= 11 is 0. The topological polar surface area (TPSA) is 58.6 Å². The van der Waals surface area contributed by atoms with Crippen molar-refractivity contribution in [1.82, 2.24) is 10.2 Å². The predicted molar refractivity (Wildman–Crippen MR) is 105 cm³/mol.